The lowest BCUT2D eigenvalue weighted by Gasteiger charge is -2.14. The Morgan fingerprint density at radius 2 is 1.92 bits per heavy atom. The lowest BCUT2D eigenvalue weighted by atomic mass is 10.2. The summed E-state index contributed by atoms with van der Waals surface area (Å²) in [5.41, 5.74) is 0.747. The number of aromatic nitrogens is 2. The van der Waals surface area contributed by atoms with Gasteiger partial charge in [-0.05, 0) is 38.5 Å². The van der Waals surface area contributed by atoms with Gasteiger partial charge in [-0.25, -0.2) is 9.78 Å². The number of H-pyrrole nitrogens is 1. The molecule has 0 spiro atoms. The van der Waals surface area contributed by atoms with Crippen LogP contribution in [0.4, 0.5) is 0 Å². The fourth-order valence-electron chi connectivity index (χ4n) is 2.43. The van der Waals surface area contributed by atoms with Gasteiger partial charge in [-0.1, -0.05) is 29.3 Å². The van der Waals surface area contributed by atoms with Crippen molar-refractivity contribution in [3.05, 3.63) is 60.4 Å². The van der Waals surface area contributed by atoms with E-state index in [9.17, 15) is 9.59 Å². The molecule has 8 heteroatoms. The number of hydrogen-bond donors (Lipinski definition) is 1. The van der Waals surface area contributed by atoms with Gasteiger partial charge in [0.1, 0.15) is 4.83 Å². The first-order valence-electron chi connectivity index (χ1n) is 7.44. The standard InChI is InChI=1S/C17H14Cl2N2O3S/c1-7-9(3)25-16-12(7)15(22)20-14(21-16)8(2)24-17(23)13-10(18)5-4-6-11(13)19/h4-6,8H,1-3H3,(H,20,21,22)/t8-/m0/s1. The molecule has 25 heavy (non-hydrogen) atoms. The first-order chi connectivity index (χ1) is 11.8. The summed E-state index contributed by atoms with van der Waals surface area (Å²) in [4.78, 5) is 33.5. The molecule has 0 saturated carbocycles. The van der Waals surface area contributed by atoms with Gasteiger partial charge in [-0.2, -0.15) is 0 Å². The third-order valence-corrected chi connectivity index (χ3v) is 5.62. The number of aryl methyl sites for hydroxylation is 2. The lowest BCUT2D eigenvalue weighted by molar-refractivity contribution is 0.0320. The van der Waals surface area contributed by atoms with Crippen molar-refractivity contribution in [3.63, 3.8) is 0 Å². The highest BCUT2D eigenvalue weighted by Gasteiger charge is 2.22. The van der Waals surface area contributed by atoms with E-state index in [1.54, 1.807) is 25.1 Å². The molecule has 2 heterocycles. The molecular formula is C17H14Cl2N2O3S. The molecule has 0 aliphatic heterocycles. The van der Waals surface area contributed by atoms with E-state index in [1.807, 2.05) is 13.8 Å². The van der Waals surface area contributed by atoms with Crippen LogP contribution in [0.25, 0.3) is 10.2 Å². The molecule has 0 unspecified atom stereocenters. The third kappa shape index (κ3) is 3.29. The van der Waals surface area contributed by atoms with Crippen LogP contribution in [0.3, 0.4) is 0 Å². The highest BCUT2D eigenvalue weighted by atomic mass is 35.5. The van der Waals surface area contributed by atoms with Crippen LogP contribution in [-0.4, -0.2) is 15.9 Å². The SMILES string of the molecule is Cc1sc2nc([C@H](C)OC(=O)c3c(Cl)cccc3Cl)[nH]c(=O)c2c1C. The Morgan fingerprint density at radius 3 is 2.56 bits per heavy atom. The number of thiophene rings is 1. The number of carbonyl (C=O) groups excluding carboxylic acids is 1. The van der Waals surface area contributed by atoms with Gasteiger partial charge in [0.2, 0.25) is 0 Å². The predicted octanol–water partition coefficient (Wildman–Crippen LogP) is 4.83. The minimum atomic E-state index is -0.764. The summed E-state index contributed by atoms with van der Waals surface area (Å²) in [6, 6.07) is 4.75. The van der Waals surface area contributed by atoms with Crippen molar-refractivity contribution in [1.82, 2.24) is 9.97 Å². The quantitative estimate of drug-likeness (QED) is 0.643. The van der Waals surface area contributed by atoms with Gasteiger partial charge in [0, 0.05) is 4.88 Å². The molecule has 0 aliphatic rings. The second kappa shape index (κ2) is 6.78. The second-order valence-corrected chi connectivity index (χ2v) is 7.58. The summed E-state index contributed by atoms with van der Waals surface area (Å²) >= 11 is 13.5. The Morgan fingerprint density at radius 1 is 1.28 bits per heavy atom. The Hall–Kier alpha value is -1.89. The first kappa shape index (κ1) is 17.9. The smallest absolute Gasteiger partial charge is 0.341 e. The number of hydrogen-bond acceptors (Lipinski definition) is 5. The van der Waals surface area contributed by atoms with E-state index in [-0.39, 0.29) is 27.0 Å². The highest BCUT2D eigenvalue weighted by molar-refractivity contribution is 7.18. The topological polar surface area (TPSA) is 72.0 Å². The second-order valence-electron chi connectivity index (χ2n) is 5.56. The maximum Gasteiger partial charge on any atom is 0.341 e. The molecule has 0 saturated heterocycles. The number of halogens is 2. The van der Waals surface area contributed by atoms with E-state index >= 15 is 0 Å². The summed E-state index contributed by atoms with van der Waals surface area (Å²) < 4.78 is 5.39. The summed E-state index contributed by atoms with van der Waals surface area (Å²) in [6.45, 7) is 5.44. The number of rotatable bonds is 3. The Kier molecular flexibility index (Phi) is 4.86. The maximum atomic E-state index is 12.4. The third-order valence-electron chi connectivity index (χ3n) is 3.89. The van der Waals surface area contributed by atoms with Crippen LogP contribution in [0.15, 0.2) is 23.0 Å². The van der Waals surface area contributed by atoms with Crippen LogP contribution in [0.5, 0.6) is 0 Å². The largest absolute Gasteiger partial charge is 0.451 e. The molecule has 1 N–H and O–H groups in total. The van der Waals surface area contributed by atoms with Crippen LogP contribution >= 0.6 is 34.5 Å². The molecule has 3 aromatic rings. The molecule has 2 aromatic heterocycles. The Balaban J connectivity index is 1.94. The van der Waals surface area contributed by atoms with Gasteiger partial charge in [0.15, 0.2) is 11.9 Å². The van der Waals surface area contributed by atoms with Crippen LogP contribution in [-0.2, 0) is 4.74 Å². The van der Waals surface area contributed by atoms with Crippen LogP contribution in [0.2, 0.25) is 10.0 Å². The van der Waals surface area contributed by atoms with Crippen molar-refractivity contribution in [2.24, 2.45) is 0 Å². The zero-order valence-corrected chi connectivity index (χ0v) is 16.0. The maximum absolute atomic E-state index is 12.4. The number of nitrogens with one attached hydrogen (secondary N) is 1. The molecule has 0 aliphatic carbocycles. The van der Waals surface area contributed by atoms with E-state index in [0.717, 1.165) is 10.4 Å². The molecule has 0 amide bonds. The number of esters is 1. The highest BCUT2D eigenvalue weighted by Crippen LogP contribution is 2.29. The zero-order valence-electron chi connectivity index (χ0n) is 13.6. The Labute approximate surface area is 157 Å². The van der Waals surface area contributed by atoms with E-state index in [0.29, 0.717) is 10.2 Å². The van der Waals surface area contributed by atoms with Gasteiger partial charge in [-0.15, -0.1) is 11.3 Å². The van der Waals surface area contributed by atoms with Gasteiger partial charge in [0.05, 0.1) is 21.0 Å². The molecule has 5 nitrogen and oxygen atoms in total. The van der Waals surface area contributed by atoms with E-state index in [2.05, 4.69) is 9.97 Å². The Bertz CT molecular complexity index is 1020. The van der Waals surface area contributed by atoms with Crippen molar-refractivity contribution >= 4 is 50.7 Å². The molecule has 3 rings (SSSR count). The summed E-state index contributed by atoms with van der Waals surface area (Å²) in [5.74, 6) is -0.403. The summed E-state index contributed by atoms with van der Waals surface area (Å²) in [7, 11) is 0. The zero-order chi connectivity index (χ0) is 18.3. The number of ether oxygens (including phenoxy) is 1. The normalized spacial score (nSPS) is 12.4. The molecule has 0 bridgehead atoms. The van der Waals surface area contributed by atoms with E-state index in [4.69, 9.17) is 27.9 Å². The first-order valence-corrected chi connectivity index (χ1v) is 9.01. The van der Waals surface area contributed by atoms with Crippen LogP contribution < -0.4 is 5.56 Å². The fourth-order valence-corrected chi connectivity index (χ4v) is 4.02. The predicted molar refractivity (Wildman–Crippen MR) is 100 cm³/mol. The number of carbonyl (C=O) groups is 1. The fraction of sp³-hybridized carbons (Fsp3) is 0.235. The monoisotopic (exact) mass is 396 g/mol. The molecule has 0 fully saturated rings. The van der Waals surface area contributed by atoms with Crippen molar-refractivity contribution in [2.45, 2.75) is 26.9 Å². The minimum Gasteiger partial charge on any atom is -0.451 e. The van der Waals surface area contributed by atoms with Gasteiger partial charge in [-0.3, -0.25) is 4.79 Å². The minimum absolute atomic E-state index is 0.0870. The van der Waals surface area contributed by atoms with E-state index in [1.165, 1.54) is 11.3 Å². The summed E-state index contributed by atoms with van der Waals surface area (Å²) in [5, 5.41) is 0.969. The number of benzene rings is 1. The molecule has 130 valence electrons. The van der Waals surface area contributed by atoms with Gasteiger partial charge >= 0.3 is 5.97 Å². The van der Waals surface area contributed by atoms with Crippen molar-refractivity contribution in [2.75, 3.05) is 0 Å². The summed E-state index contributed by atoms with van der Waals surface area (Å²) in [6.07, 6.45) is -0.764. The van der Waals surface area contributed by atoms with Crippen LogP contribution in [0.1, 0.15) is 39.7 Å². The van der Waals surface area contributed by atoms with E-state index < -0.39 is 12.1 Å². The average Bonchev–Trinajstić information content (AvgIpc) is 2.82. The number of nitrogens with zero attached hydrogens (tertiary/aromatic N) is 1. The number of aromatic amines is 1. The van der Waals surface area contributed by atoms with Crippen molar-refractivity contribution in [1.29, 1.82) is 0 Å². The molecule has 1 atom stereocenters. The van der Waals surface area contributed by atoms with Crippen LogP contribution in [0, 0.1) is 13.8 Å². The van der Waals surface area contributed by atoms with Gasteiger partial charge in [0.25, 0.3) is 5.56 Å². The average molecular weight is 397 g/mol. The van der Waals surface area contributed by atoms with Crippen molar-refractivity contribution < 1.29 is 9.53 Å². The molecule has 1 aromatic carbocycles. The van der Waals surface area contributed by atoms with Gasteiger partial charge < -0.3 is 9.72 Å². The number of fused-ring (bicyclic) bond motifs is 1. The molecule has 0 radical (unpaired) electrons. The van der Waals surface area contributed by atoms with Crippen molar-refractivity contribution in [3.8, 4) is 0 Å². The lowest BCUT2D eigenvalue weighted by Crippen LogP contribution is -2.17. The molecular weight excluding hydrogens is 383 g/mol.